The molecule has 1 amide bonds. The molecule has 0 aliphatic carbocycles. The Labute approximate surface area is 328 Å². The number of amides is 1. The third-order valence-corrected chi connectivity index (χ3v) is 10.4. The number of allylic oxidation sites excluding steroid dienone is 4. The minimum atomic E-state index is -1.78. The van der Waals surface area contributed by atoms with Gasteiger partial charge in [-0.1, -0.05) is 109 Å². The molecule has 12 atom stereocenters. The molecule has 9 N–H and O–H groups in total. The van der Waals surface area contributed by atoms with E-state index in [-0.39, 0.29) is 12.5 Å². The van der Waals surface area contributed by atoms with Crippen molar-refractivity contribution in [2.24, 2.45) is 0 Å². The number of aliphatic hydroxyl groups is 8. The Morgan fingerprint density at radius 1 is 0.655 bits per heavy atom. The van der Waals surface area contributed by atoms with Crippen LogP contribution in [0.1, 0.15) is 136 Å². The van der Waals surface area contributed by atoms with Crippen LogP contribution in [-0.4, -0.2) is 140 Å². The Bertz CT molecular complexity index is 1030. The van der Waals surface area contributed by atoms with E-state index >= 15 is 0 Å². The molecule has 0 aromatic carbocycles. The molecule has 0 aromatic rings. The highest BCUT2D eigenvalue weighted by molar-refractivity contribution is 5.76. The zero-order valence-corrected chi connectivity index (χ0v) is 33.4. The van der Waals surface area contributed by atoms with Crippen molar-refractivity contribution in [3.63, 3.8) is 0 Å². The molecule has 322 valence electrons. The molecule has 55 heavy (non-hydrogen) atoms. The summed E-state index contributed by atoms with van der Waals surface area (Å²) in [6, 6.07) is -0.825. The van der Waals surface area contributed by atoms with Gasteiger partial charge in [-0.2, -0.15) is 0 Å². The van der Waals surface area contributed by atoms with Gasteiger partial charge in [0.05, 0.1) is 32.0 Å². The molecule has 0 saturated carbocycles. The van der Waals surface area contributed by atoms with Gasteiger partial charge < -0.3 is 65.1 Å². The minimum Gasteiger partial charge on any atom is -0.394 e. The summed E-state index contributed by atoms with van der Waals surface area (Å²) in [5.41, 5.74) is 0. The fourth-order valence-corrected chi connectivity index (χ4v) is 6.85. The van der Waals surface area contributed by atoms with Crippen LogP contribution in [0.4, 0.5) is 0 Å². The monoisotopic (exact) mass is 790 g/mol. The van der Waals surface area contributed by atoms with Crippen molar-refractivity contribution in [3.05, 3.63) is 24.3 Å². The van der Waals surface area contributed by atoms with Gasteiger partial charge in [0.1, 0.15) is 48.8 Å². The first-order chi connectivity index (χ1) is 26.6. The Kier molecular flexibility index (Phi) is 26.7. The van der Waals surface area contributed by atoms with Gasteiger partial charge in [0.15, 0.2) is 12.6 Å². The number of aliphatic hydroxyl groups excluding tert-OH is 8. The zero-order valence-electron chi connectivity index (χ0n) is 33.4. The highest BCUT2D eigenvalue weighted by Crippen LogP contribution is 2.30. The molecule has 2 saturated heterocycles. The summed E-state index contributed by atoms with van der Waals surface area (Å²) in [7, 11) is 0. The van der Waals surface area contributed by atoms with Crippen molar-refractivity contribution >= 4 is 5.91 Å². The standard InChI is InChI=1S/C41H75NO13/c1-3-5-7-9-10-11-12-13-14-15-16-17-18-19-20-21-23-25-33(46)42-29(30(45)24-22-8-6-4-2)28-52-40-38(51)36(49)39(32(27-44)54-40)55-41-37(50)35(48)34(47)31(26-43)53-41/h10-11,13-14,29-32,34-41,43-45,47-51H,3-9,12,15-28H2,1-2H3,(H,42,46)/b11-10-,14-13-. The van der Waals surface area contributed by atoms with Crippen LogP contribution in [0.15, 0.2) is 24.3 Å². The summed E-state index contributed by atoms with van der Waals surface area (Å²) < 4.78 is 22.5. The molecular formula is C41H75NO13. The summed E-state index contributed by atoms with van der Waals surface area (Å²) in [5.74, 6) is -0.227. The highest BCUT2D eigenvalue weighted by atomic mass is 16.7. The van der Waals surface area contributed by atoms with E-state index in [0.29, 0.717) is 19.3 Å². The lowest BCUT2D eigenvalue weighted by molar-refractivity contribution is -0.359. The summed E-state index contributed by atoms with van der Waals surface area (Å²) in [6.45, 7) is 2.65. The number of unbranched alkanes of at least 4 members (excludes halogenated alkanes) is 13. The van der Waals surface area contributed by atoms with Crippen molar-refractivity contribution in [2.45, 2.75) is 209 Å². The Morgan fingerprint density at radius 3 is 1.84 bits per heavy atom. The lowest BCUT2D eigenvalue weighted by Crippen LogP contribution is -2.65. The third kappa shape index (κ3) is 18.7. The van der Waals surface area contributed by atoms with Crippen LogP contribution in [0.25, 0.3) is 0 Å². The zero-order chi connectivity index (χ0) is 40.4. The van der Waals surface area contributed by atoms with E-state index < -0.39 is 86.8 Å². The lowest BCUT2D eigenvalue weighted by Gasteiger charge is -2.46. The molecule has 0 radical (unpaired) electrons. The van der Waals surface area contributed by atoms with Crippen molar-refractivity contribution in [1.29, 1.82) is 0 Å². The van der Waals surface area contributed by atoms with Gasteiger partial charge >= 0.3 is 0 Å². The third-order valence-electron chi connectivity index (χ3n) is 10.4. The average Bonchev–Trinajstić information content (AvgIpc) is 3.18. The van der Waals surface area contributed by atoms with Gasteiger partial charge in [0.25, 0.3) is 0 Å². The second-order valence-electron chi connectivity index (χ2n) is 15.1. The molecule has 2 fully saturated rings. The molecule has 0 aromatic heterocycles. The molecule has 12 unspecified atom stereocenters. The number of rotatable bonds is 30. The largest absolute Gasteiger partial charge is 0.394 e. The highest BCUT2D eigenvalue weighted by Gasteiger charge is 2.50. The van der Waals surface area contributed by atoms with Crippen LogP contribution in [-0.2, 0) is 23.7 Å². The lowest BCUT2D eigenvalue weighted by atomic mass is 9.97. The minimum absolute atomic E-state index is 0.227. The van der Waals surface area contributed by atoms with Gasteiger partial charge in [-0.25, -0.2) is 0 Å². The Hall–Kier alpha value is -1.53. The van der Waals surface area contributed by atoms with Crippen LogP contribution in [0, 0.1) is 0 Å². The van der Waals surface area contributed by atoms with Crippen LogP contribution in [0.3, 0.4) is 0 Å². The van der Waals surface area contributed by atoms with E-state index in [4.69, 9.17) is 18.9 Å². The molecule has 0 bridgehead atoms. The summed E-state index contributed by atoms with van der Waals surface area (Å²) in [6.07, 6.45) is 11.3. The van der Waals surface area contributed by atoms with Gasteiger partial charge in [0.2, 0.25) is 5.91 Å². The summed E-state index contributed by atoms with van der Waals surface area (Å²) >= 11 is 0. The maximum absolute atomic E-state index is 13.0. The van der Waals surface area contributed by atoms with Gasteiger partial charge in [-0.3, -0.25) is 4.79 Å². The second-order valence-corrected chi connectivity index (χ2v) is 15.1. The van der Waals surface area contributed by atoms with Crippen LogP contribution < -0.4 is 5.32 Å². The predicted octanol–water partition coefficient (Wildman–Crippen LogP) is 3.04. The molecule has 14 nitrogen and oxygen atoms in total. The molecule has 14 heteroatoms. The van der Waals surface area contributed by atoms with Crippen LogP contribution >= 0.6 is 0 Å². The van der Waals surface area contributed by atoms with E-state index in [9.17, 15) is 45.6 Å². The Morgan fingerprint density at radius 2 is 1.20 bits per heavy atom. The van der Waals surface area contributed by atoms with E-state index in [1.807, 2.05) is 0 Å². The number of carbonyl (C=O) groups is 1. The Balaban J connectivity index is 1.80. The summed E-state index contributed by atoms with van der Waals surface area (Å²) in [5, 5.41) is 85.9. The molecule has 2 aliphatic rings. The van der Waals surface area contributed by atoms with Crippen molar-refractivity contribution < 1.29 is 64.6 Å². The number of hydrogen-bond donors (Lipinski definition) is 9. The molecule has 2 aliphatic heterocycles. The molecular weight excluding hydrogens is 714 g/mol. The first-order valence-electron chi connectivity index (χ1n) is 21.1. The van der Waals surface area contributed by atoms with E-state index in [2.05, 4.69) is 43.5 Å². The number of hydrogen-bond acceptors (Lipinski definition) is 13. The average molecular weight is 790 g/mol. The van der Waals surface area contributed by atoms with Crippen LogP contribution in [0.2, 0.25) is 0 Å². The van der Waals surface area contributed by atoms with Crippen molar-refractivity contribution in [3.8, 4) is 0 Å². The SMILES string of the molecule is CCCCC/C=C\C/C=C\CCCCCCCCCC(=O)NC(COC1OC(CO)C(OC2OC(CO)C(O)C(O)C2O)C(O)C1O)C(O)CCCCCC. The maximum Gasteiger partial charge on any atom is 0.220 e. The van der Waals surface area contributed by atoms with Gasteiger partial charge in [-0.05, 0) is 44.9 Å². The normalized spacial score (nSPS) is 29.9. The molecule has 2 heterocycles. The van der Waals surface area contributed by atoms with E-state index in [0.717, 1.165) is 57.8 Å². The summed E-state index contributed by atoms with van der Waals surface area (Å²) in [4.78, 5) is 13.0. The molecule has 0 spiro atoms. The first kappa shape index (κ1) is 49.6. The van der Waals surface area contributed by atoms with Gasteiger partial charge in [-0.15, -0.1) is 0 Å². The number of ether oxygens (including phenoxy) is 4. The predicted molar refractivity (Wildman–Crippen MR) is 208 cm³/mol. The quantitative estimate of drug-likeness (QED) is 0.0377. The number of nitrogens with one attached hydrogen (secondary N) is 1. The van der Waals surface area contributed by atoms with Crippen LogP contribution in [0.5, 0.6) is 0 Å². The molecule has 2 rings (SSSR count). The maximum atomic E-state index is 13.0. The van der Waals surface area contributed by atoms with Gasteiger partial charge in [0, 0.05) is 6.42 Å². The second kappa shape index (κ2) is 29.6. The topological polar surface area (TPSA) is 228 Å². The fraction of sp³-hybridized carbons (Fsp3) is 0.878. The van der Waals surface area contributed by atoms with Crippen molar-refractivity contribution in [2.75, 3.05) is 19.8 Å². The first-order valence-corrected chi connectivity index (χ1v) is 21.1. The van der Waals surface area contributed by atoms with E-state index in [1.54, 1.807) is 0 Å². The van der Waals surface area contributed by atoms with Crippen molar-refractivity contribution in [1.82, 2.24) is 5.32 Å². The smallest absolute Gasteiger partial charge is 0.220 e. The number of carbonyl (C=O) groups excluding carboxylic acids is 1. The van der Waals surface area contributed by atoms with E-state index in [1.165, 1.54) is 44.9 Å². The fourth-order valence-electron chi connectivity index (χ4n) is 6.85.